The number of nitrogens with zero attached hydrogens (tertiary/aromatic N) is 1. The van der Waals surface area contributed by atoms with E-state index in [-0.39, 0.29) is 5.92 Å². The van der Waals surface area contributed by atoms with Gasteiger partial charge in [0.05, 0.1) is 26.5 Å². The SMILES string of the molecule is COC(=O)C=C(OC)C(C)C(C=NO)OC. The number of esters is 1. The summed E-state index contributed by atoms with van der Waals surface area (Å²) in [6.45, 7) is 1.77. The second-order valence-corrected chi connectivity index (χ2v) is 3.03. The molecular formula is C10H17NO5. The number of hydrogen-bond donors (Lipinski definition) is 1. The standard InChI is InChI=1S/C10H17NO5/c1-7(9(15-3)6-11-13)8(14-2)5-10(12)16-4/h5-7,9,13H,1-4H3. The summed E-state index contributed by atoms with van der Waals surface area (Å²) in [5.74, 6) is -0.400. The van der Waals surface area contributed by atoms with Crippen LogP contribution in [0.4, 0.5) is 0 Å². The van der Waals surface area contributed by atoms with Gasteiger partial charge in [-0.05, 0) is 0 Å². The van der Waals surface area contributed by atoms with Gasteiger partial charge in [0, 0.05) is 13.0 Å². The highest BCUT2D eigenvalue weighted by Crippen LogP contribution is 2.17. The summed E-state index contributed by atoms with van der Waals surface area (Å²) in [6.07, 6.45) is 1.96. The average molecular weight is 231 g/mol. The third kappa shape index (κ3) is 4.31. The zero-order valence-electron chi connectivity index (χ0n) is 9.84. The molecule has 0 aliphatic rings. The van der Waals surface area contributed by atoms with Crippen molar-refractivity contribution in [2.45, 2.75) is 13.0 Å². The lowest BCUT2D eigenvalue weighted by Gasteiger charge is -2.20. The van der Waals surface area contributed by atoms with Crippen LogP contribution in [0.15, 0.2) is 17.0 Å². The third-order valence-corrected chi connectivity index (χ3v) is 2.12. The highest BCUT2D eigenvalue weighted by Gasteiger charge is 2.21. The Labute approximate surface area is 94.5 Å². The molecule has 0 aromatic rings. The van der Waals surface area contributed by atoms with Gasteiger partial charge in [-0.3, -0.25) is 0 Å². The van der Waals surface area contributed by atoms with E-state index in [0.29, 0.717) is 5.76 Å². The first-order valence-corrected chi connectivity index (χ1v) is 4.64. The molecule has 0 aliphatic carbocycles. The van der Waals surface area contributed by atoms with Gasteiger partial charge in [0.15, 0.2) is 0 Å². The molecule has 16 heavy (non-hydrogen) atoms. The third-order valence-electron chi connectivity index (χ3n) is 2.12. The quantitative estimate of drug-likeness (QED) is 0.183. The summed E-state index contributed by atoms with van der Waals surface area (Å²) in [5.41, 5.74) is 0. The average Bonchev–Trinajstić information content (AvgIpc) is 2.31. The number of oxime groups is 1. The number of carbonyl (C=O) groups excluding carboxylic acids is 1. The predicted octanol–water partition coefficient (Wildman–Crippen LogP) is 0.801. The Morgan fingerprint density at radius 3 is 2.31 bits per heavy atom. The molecule has 0 saturated heterocycles. The predicted molar refractivity (Wildman–Crippen MR) is 57.3 cm³/mol. The minimum Gasteiger partial charge on any atom is -0.500 e. The smallest absolute Gasteiger partial charge is 0.333 e. The molecule has 1 N–H and O–H groups in total. The fourth-order valence-electron chi connectivity index (χ4n) is 1.17. The van der Waals surface area contributed by atoms with E-state index < -0.39 is 12.1 Å². The Kier molecular flexibility index (Phi) is 6.95. The molecule has 0 amide bonds. The number of hydrogen-bond acceptors (Lipinski definition) is 6. The van der Waals surface area contributed by atoms with Gasteiger partial charge >= 0.3 is 5.97 Å². The van der Waals surface area contributed by atoms with Gasteiger partial charge in [-0.25, -0.2) is 4.79 Å². The van der Waals surface area contributed by atoms with Gasteiger partial charge in [0.2, 0.25) is 0 Å². The van der Waals surface area contributed by atoms with Crippen molar-refractivity contribution in [1.82, 2.24) is 0 Å². The van der Waals surface area contributed by atoms with Gasteiger partial charge in [0.25, 0.3) is 0 Å². The van der Waals surface area contributed by atoms with Crippen molar-refractivity contribution < 1.29 is 24.2 Å². The second kappa shape index (κ2) is 7.70. The Hall–Kier alpha value is -1.56. The lowest BCUT2D eigenvalue weighted by atomic mass is 10.0. The van der Waals surface area contributed by atoms with Crippen LogP contribution in [-0.2, 0) is 19.0 Å². The molecule has 0 aliphatic heterocycles. The van der Waals surface area contributed by atoms with Crippen molar-refractivity contribution in [2.24, 2.45) is 11.1 Å². The summed E-state index contributed by atoms with van der Waals surface area (Å²) in [6, 6.07) is 0. The Bertz CT molecular complexity index is 274. The molecule has 2 atom stereocenters. The van der Waals surface area contributed by atoms with E-state index in [9.17, 15) is 4.79 Å². The monoisotopic (exact) mass is 231 g/mol. The van der Waals surface area contributed by atoms with Crippen LogP contribution >= 0.6 is 0 Å². The number of rotatable bonds is 6. The number of ether oxygens (including phenoxy) is 3. The Balaban J connectivity index is 4.81. The topological polar surface area (TPSA) is 77.4 Å². The molecule has 0 aromatic heterocycles. The van der Waals surface area contributed by atoms with E-state index in [2.05, 4.69) is 9.89 Å². The van der Waals surface area contributed by atoms with Crippen molar-refractivity contribution >= 4 is 12.2 Å². The number of carbonyl (C=O) groups is 1. The molecule has 2 unspecified atom stereocenters. The van der Waals surface area contributed by atoms with Gasteiger partial charge in [0.1, 0.15) is 11.9 Å². The van der Waals surface area contributed by atoms with Gasteiger partial charge < -0.3 is 19.4 Å². The fraction of sp³-hybridized carbons (Fsp3) is 0.600. The van der Waals surface area contributed by atoms with E-state index in [0.717, 1.165) is 0 Å². The molecular weight excluding hydrogens is 214 g/mol. The summed E-state index contributed by atoms with van der Waals surface area (Å²) >= 11 is 0. The molecule has 0 radical (unpaired) electrons. The second-order valence-electron chi connectivity index (χ2n) is 3.03. The van der Waals surface area contributed by atoms with E-state index in [1.54, 1.807) is 6.92 Å². The first kappa shape index (κ1) is 14.4. The van der Waals surface area contributed by atoms with Crippen molar-refractivity contribution in [3.8, 4) is 0 Å². The van der Waals surface area contributed by atoms with Crippen LogP contribution in [0.2, 0.25) is 0 Å². The molecule has 0 fully saturated rings. The van der Waals surface area contributed by atoms with Crippen molar-refractivity contribution in [2.75, 3.05) is 21.3 Å². The summed E-state index contributed by atoms with van der Waals surface area (Å²) in [7, 11) is 4.18. The summed E-state index contributed by atoms with van der Waals surface area (Å²) in [5, 5.41) is 11.3. The van der Waals surface area contributed by atoms with E-state index in [1.165, 1.54) is 33.6 Å². The van der Waals surface area contributed by atoms with Crippen molar-refractivity contribution in [3.05, 3.63) is 11.8 Å². The first-order chi connectivity index (χ1) is 7.60. The molecule has 0 saturated carbocycles. The molecule has 0 aromatic carbocycles. The van der Waals surface area contributed by atoms with Crippen LogP contribution in [0.25, 0.3) is 0 Å². The lowest BCUT2D eigenvalue weighted by molar-refractivity contribution is -0.135. The van der Waals surface area contributed by atoms with Crippen molar-refractivity contribution in [3.63, 3.8) is 0 Å². The largest absolute Gasteiger partial charge is 0.500 e. The van der Waals surface area contributed by atoms with Gasteiger partial charge in [-0.1, -0.05) is 12.1 Å². The maximum atomic E-state index is 11.1. The highest BCUT2D eigenvalue weighted by atomic mass is 16.5. The van der Waals surface area contributed by atoms with Crippen LogP contribution in [0.5, 0.6) is 0 Å². The van der Waals surface area contributed by atoms with E-state index >= 15 is 0 Å². The zero-order chi connectivity index (χ0) is 12.6. The van der Waals surface area contributed by atoms with Crippen LogP contribution < -0.4 is 0 Å². The van der Waals surface area contributed by atoms with Crippen LogP contribution in [0.3, 0.4) is 0 Å². The van der Waals surface area contributed by atoms with Gasteiger partial charge in [-0.15, -0.1) is 0 Å². The van der Waals surface area contributed by atoms with Crippen molar-refractivity contribution in [1.29, 1.82) is 0 Å². The minimum atomic E-state index is -0.514. The highest BCUT2D eigenvalue weighted by molar-refractivity contribution is 5.82. The Morgan fingerprint density at radius 2 is 1.94 bits per heavy atom. The van der Waals surface area contributed by atoms with Crippen LogP contribution in [-0.4, -0.2) is 44.8 Å². The summed E-state index contributed by atoms with van der Waals surface area (Å²) < 4.78 is 14.6. The lowest BCUT2D eigenvalue weighted by Crippen LogP contribution is -2.25. The van der Waals surface area contributed by atoms with Crippen LogP contribution in [0.1, 0.15) is 6.92 Å². The van der Waals surface area contributed by atoms with Crippen LogP contribution in [0, 0.1) is 5.92 Å². The molecule has 92 valence electrons. The van der Waals surface area contributed by atoms with Gasteiger partial charge in [-0.2, -0.15) is 0 Å². The first-order valence-electron chi connectivity index (χ1n) is 4.64. The zero-order valence-corrected chi connectivity index (χ0v) is 9.84. The molecule has 0 heterocycles. The molecule has 0 bridgehead atoms. The van der Waals surface area contributed by atoms with E-state index in [1.807, 2.05) is 0 Å². The molecule has 6 nitrogen and oxygen atoms in total. The molecule has 0 rings (SSSR count). The maximum Gasteiger partial charge on any atom is 0.333 e. The normalized spacial score (nSPS) is 15.9. The molecule has 6 heteroatoms. The minimum absolute atomic E-state index is 0.273. The number of methoxy groups -OCH3 is 3. The Morgan fingerprint density at radius 1 is 1.31 bits per heavy atom. The fourth-order valence-corrected chi connectivity index (χ4v) is 1.17. The van der Waals surface area contributed by atoms with E-state index in [4.69, 9.17) is 14.7 Å². The molecule has 0 spiro atoms. The summed E-state index contributed by atoms with van der Waals surface area (Å²) in [4.78, 5) is 11.1. The maximum absolute atomic E-state index is 11.1.